The Kier molecular flexibility index (Phi) is 4.81. The number of amides is 1. The lowest BCUT2D eigenvalue weighted by atomic mass is 9.52. The number of hydrogen-bond donors (Lipinski definition) is 2. The summed E-state index contributed by atoms with van der Waals surface area (Å²) < 4.78 is 23.6. The summed E-state index contributed by atoms with van der Waals surface area (Å²) in [5, 5.41) is 14.2. The number of sulfone groups is 1. The quantitative estimate of drug-likeness (QED) is 0.702. The van der Waals surface area contributed by atoms with Crippen LogP contribution < -0.4 is 10.2 Å². The van der Waals surface area contributed by atoms with Crippen molar-refractivity contribution >= 4 is 21.7 Å². The molecule has 1 aromatic rings. The van der Waals surface area contributed by atoms with Crippen LogP contribution in [-0.2, 0) is 9.84 Å². The number of hydrogen-bond acceptors (Lipinski definition) is 7. The number of rotatable bonds is 4. The first-order valence-electron chi connectivity index (χ1n) is 12.1. The highest BCUT2D eigenvalue weighted by molar-refractivity contribution is 7.91. The molecule has 174 valence electrons. The SMILES string of the molecule is O=C(NC1C2CC3CC1CC(O)(C3)C2)c1cnc(N2CCS(=O)(=O)CC2)nc1C1CCC1. The highest BCUT2D eigenvalue weighted by atomic mass is 32.2. The number of aliphatic hydroxyl groups is 1. The minimum absolute atomic E-state index is 0.0934. The van der Waals surface area contributed by atoms with E-state index < -0.39 is 15.4 Å². The molecule has 1 amide bonds. The second-order valence-corrected chi connectivity index (χ2v) is 13.2. The predicted octanol–water partition coefficient (Wildman–Crippen LogP) is 1.65. The van der Waals surface area contributed by atoms with E-state index in [-0.39, 0.29) is 29.4 Å². The van der Waals surface area contributed by atoms with E-state index in [0.717, 1.165) is 57.1 Å². The van der Waals surface area contributed by atoms with Crippen molar-refractivity contribution in [3.05, 3.63) is 17.5 Å². The van der Waals surface area contributed by atoms with Gasteiger partial charge in [0.25, 0.3) is 5.91 Å². The van der Waals surface area contributed by atoms with Gasteiger partial charge in [0, 0.05) is 31.2 Å². The van der Waals surface area contributed by atoms with Crippen molar-refractivity contribution in [3.8, 4) is 0 Å². The zero-order valence-corrected chi connectivity index (χ0v) is 19.2. The molecule has 6 aliphatic rings. The lowest BCUT2D eigenvalue weighted by molar-refractivity contribution is -0.136. The van der Waals surface area contributed by atoms with Crippen molar-refractivity contribution < 1.29 is 18.3 Å². The van der Waals surface area contributed by atoms with E-state index in [1.54, 1.807) is 6.20 Å². The molecule has 0 aromatic carbocycles. The lowest BCUT2D eigenvalue weighted by Crippen LogP contribution is -2.61. The summed E-state index contributed by atoms with van der Waals surface area (Å²) in [4.78, 5) is 24.6. The molecule has 5 aliphatic carbocycles. The average molecular weight is 461 g/mol. The minimum Gasteiger partial charge on any atom is -0.390 e. The average Bonchev–Trinajstić information content (AvgIpc) is 2.68. The molecule has 7 rings (SSSR count). The molecule has 9 heteroatoms. The molecule has 1 aliphatic heterocycles. The summed E-state index contributed by atoms with van der Waals surface area (Å²) >= 11 is 0. The molecule has 1 saturated heterocycles. The Balaban J connectivity index is 1.23. The van der Waals surface area contributed by atoms with Gasteiger partial charge in [0.05, 0.1) is 28.4 Å². The van der Waals surface area contributed by atoms with Gasteiger partial charge >= 0.3 is 0 Å². The van der Waals surface area contributed by atoms with Gasteiger partial charge in [-0.2, -0.15) is 0 Å². The van der Waals surface area contributed by atoms with Crippen LogP contribution in [0.2, 0.25) is 0 Å². The second-order valence-electron chi connectivity index (χ2n) is 10.9. The maximum absolute atomic E-state index is 13.4. The fourth-order valence-electron chi connectivity index (χ4n) is 7.06. The Labute approximate surface area is 189 Å². The number of nitrogens with zero attached hydrogens (tertiary/aromatic N) is 3. The molecule has 1 aromatic heterocycles. The van der Waals surface area contributed by atoms with Gasteiger partial charge in [-0.3, -0.25) is 4.79 Å². The molecule has 5 saturated carbocycles. The van der Waals surface area contributed by atoms with Gasteiger partial charge in [0.2, 0.25) is 5.95 Å². The van der Waals surface area contributed by atoms with Crippen molar-refractivity contribution in [2.45, 2.75) is 68.9 Å². The fourth-order valence-corrected chi connectivity index (χ4v) is 8.27. The number of anilines is 1. The van der Waals surface area contributed by atoms with E-state index in [9.17, 15) is 18.3 Å². The summed E-state index contributed by atoms with van der Waals surface area (Å²) in [6.07, 6.45) is 9.57. The van der Waals surface area contributed by atoms with E-state index in [1.165, 1.54) is 0 Å². The Hall–Kier alpha value is -1.74. The zero-order valence-electron chi connectivity index (χ0n) is 18.4. The number of carbonyl (C=O) groups excluding carboxylic acids is 1. The monoisotopic (exact) mass is 460 g/mol. The Morgan fingerprint density at radius 1 is 1.12 bits per heavy atom. The highest BCUT2D eigenvalue weighted by Gasteiger charge is 2.55. The molecule has 0 radical (unpaired) electrons. The summed E-state index contributed by atoms with van der Waals surface area (Å²) in [6.45, 7) is 0.793. The molecule has 0 spiro atoms. The van der Waals surface area contributed by atoms with Crippen LogP contribution in [0.1, 0.15) is 73.3 Å². The molecule has 2 unspecified atom stereocenters. The zero-order chi connectivity index (χ0) is 22.1. The maximum atomic E-state index is 13.4. The van der Waals surface area contributed by atoms with Gasteiger partial charge in [-0.1, -0.05) is 6.42 Å². The van der Waals surface area contributed by atoms with Crippen LogP contribution in [0, 0.1) is 17.8 Å². The maximum Gasteiger partial charge on any atom is 0.254 e. The third-order valence-electron chi connectivity index (χ3n) is 8.71. The number of aromatic nitrogens is 2. The van der Waals surface area contributed by atoms with Gasteiger partial charge < -0.3 is 15.3 Å². The first-order valence-corrected chi connectivity index (χ1v) is 14.0. The third kappa shape index (κ3) is 3.61. The van der Waals surface area contributed by atoms with Gasteiger partial charge in [-0.05, 0) is 62.7 Å². The summed E-state index contributed by atoms with van der Waals surface area (Å²) in [5.74, 6) is 2.28. The Bertz CT molecular complexity index is 1010. The minimum atomic E-state index is -2.97. The molecule has 2 heterocycles. The van der Waals surface area contributed by atoms with Crippen molar-refractivity contribution in [1.29, 1.82) is 0 Å². The van der Waals surface area contributed by atoms with Crippen LogP contribution in [0.25, 0.3) is 0 Å². The van der Waals surface area contributed by atoms with E-state index in [1.807, 2.05) is 4.90 Å². The highest BCUT2D eigenvalue weighted by Crippen LogP contribution is 2.55. The number of carbonyl (C=O) groups is 1. The van der Waals surface area contributed by atoms with Gasteiger partial charge in [-0.25, -0.2) is 18.4 Å². The molecular weight excluding hydrogens is 428 g/mol. The van der Waals surface area contributed by atoms with Crippen LogP contribution in [0.15, 0.2) is 6.20 Å². The number of nitrogens with one attached hydrogen (secondary N) is 1. The molecule has 2 N–H and O–H groups in total. The van der Waals surface area contributed by atoms with Crippen LogP contribution in [0.5, 0.6) is 0 Å². The van der Waals surface area contributed by atoms with Crippen LogP contribution in [-0.4, -0.2) is 65.6 Å². The molecule has 8 nitrogen and oxygen atoms in total. The molecule has 4 bridgehead atoms. The normalized spacial score (nSPS) is 37.8. The fraction of sp³-hybridized carbons (Fsp3) is 0.783. The summed E-state index contributed by atoms with van der Waals surface area (Å²) in [7, 11) is -2.97. The summed E-state index contributed by atoms with van der Waals surface area (Å²) in [5.41, 5.74) is 0.867. The van der Waals surface area contributed by atoms with E-state index in [2.05, 4.69) is 10.3 Å². The smallest absolute Gasteiger partial charge is 0.254 e. The molecule has 32 heavy (non-hydrogen) atoms. The predicted molar refractivity (Wildman–Crippen MR) is 119 cm³/mol. The first-order chi connectivity index (χ1) is 15.3. The van der Waals surface area contributed by atoms with Crippen molar-refractivity contribution in [1.82, 2.24) is 15.3 Å². The molecule has 2 atom stereocenters. The van der Waals surface area contributed by atoms with Crippen molar-refractivity contribution in [2.24, 2.45) is 17.8 Å². The molecular formula is C23H32N4O4S. The topological polar surface area (TPSA) is 112 Å². The standard InChI is InChI=1S/C23H32N4O4S/c28-21(25-19-16-8-14-9-17(19)12-23(29,10-14)11-16)18-13-24-22(26-20(18)15-2-1-3-15)27-4-6-32(30,31)7-5-27/h13-17,19,29H,1-12H2,(H,25,28). The van der Waals surface area contributed by atoms with Gasteiger partial charge in [-0.15, -0.1) is 0 Å². The summed E-state index contributed by atoms with van der Waals surface area (Å²) in [6, 6.07) is 0.126. The van der Waals surface area contributed by atoms with Crippen LogP contribution in [0.4, 0.5) is 5.95 Å². The van der Waals surface area contributed by atoms with Crippen molar-refractivity contribution in [2.75, 3.05) is 29.5 Å². The Morgan fingerprint density at radius 3 is 2.41 bits per heavy atom. The van der Waals surface area contributed by atoms with Crippen LogP contribution in [0.3, 0.4) is 0 Å². The van der Waals surface area contributed by atoms with Gasteiger partial charge in [0.1, 0.15) is 0 Å². The van der Waals surface area contributed by atoms with Crippen LogP contribution >= 0.6 is 0 Å². The first kappa shape index (κ1) is 20.8. The third-order valence-corrected chi connectivity index (χ3v) is 10.3. The van der Waals surface area contributed by atoms with E-state index >= 15 is 0 Å². The lowest BCUT2D eigenvalue weighted by Gasteiger charge is -2.58. The largest absolute Gasteiger partial charge is 0.390 e. The Morgan fingerprint density at radius 2 is 1.81 bits per heavy atom. The second kappa shape index (κ2) is 7.38. The van der Waals surface area contributed by atoms with E-state index in [0.29, 0.717) is 42.4 Å². The molecule has 6 fully saturated rings. The van der Waals surface area contributed by atoms with Crippen molar-refractivity contribution in [3.63, 3.8) is 0 Å². The van der Waals surface area contributed by atoms with Gasteiger partial charge in [0.15, 0.2) is 9.84 Å². The van der Waals surface area contributed by atoms with E-state index in [4.69, 9.17) is 4.98 Å².